The number of H-pyrrole nitrogens is 1. The Morgan fingerprint density at radius 1 is 1.31 bits per heavy atom. The van der Waals surface area contributed by atoms with Crippen LogP contribution in [0, 0.1) is 5.41 Å². The van der Waals surface area contributed by atoms with E-state index in [-0.39, 0.29) is 29.1 Å². The summed E-state index contributed by atoms with van der Waals surface area (Å²) < 4.78 is 6.52. The maximum Gasteiger partial charge on any atom is 0.274 e. The van der Waals surface area contributed by atoms with E-state index in [9.17, 15) is 9.90 Å². The fourth-order valence-corrected chi connectivity index (χ4v) is 4.77. The number of hydrogen-bond acceptors (Lipinski definition) is 4. The molecule has 2 aliphatic heterocycles. The van der Waals surface area contributed by atoms with Crippen LogP contribution in [0.15, 0.2) is 0 Å². The number of amides is 1. The van der Waals surface area contributed by atoms with Crippen molar-refractivity contribution < 1.29 is 14.6 Å². The zero-order chi connectivity index (χ0) is 18.5. The van der Waals surface area contributed by atoms with Gasteiger partial charge >= 0.3 is 0 Å². The summed E-state index contributed by atoms with van der Waals surface area (Å²) in [4.78, 5) is 14.8. The van der Waals surface area contributed by atoms with Crippen molar-refractivity contribution in [2.75, 3.05) is 13.1 Å². The lowest BCUT2D eigenvalue weighted by Gasteiger charge is -2.50. The average molecular weight is 361 g/mol. The molecule has 4 rings (SSSR count). The van der Waals surface area contributed by atoms with Gasteiger partial charge in [0, 0.05) is 37.2 Å². The van der Waals surface area contributed by atoms with E-state index in [0.717, 1.165) is 43.4 Å². The normalized spacial score (nSPS) is 28.4. The minimum absolute atomic E-state index is 0.0109. The van der Waals surface area contributed by atoms with Gasteiger partial charge in [0.25, 0.3) is 5.91 Å². The maximum atomic E-state index is 12.9. The van der Waals surface area contributed by atoms with Gasteiger partial charge in [-0.2, -0.15) is 5.10 Å². The fourth-order valence-electron chi connectivity index (χ4n) is 4.77. The molecule has 0 unspecified atom stereocenters. The first-order valence-corrected chi connectivity index (χ1v) is 9.99. The second-order valence-corrected chi connectivity index (χ2v) is 9.42. The van der Waals surface area contributed by atoms with Gasteiger partial charge in [-0.3, -0.25) is 9.89 Å². The highest BCUT2D eigenvalue weighted by Gasteiger charge is 2.46. The van der Waals surface area contributed by atoms with Gasteiger partial charge in [-0.05, 0) is 37.5 Å². The Morgan fingerprint density at radius 2 is 2.04 bits per heavy atom. The second kappa shape index (κ2) is 6.34. The number of nitrogens with zero attached hydrogens (tertiary/aromatic N) is 2. The van der Waals surface area contributed by atoms with Gasteiger partial charge in [-0.25, -0.2) is 0 Å². The smallest absolute Gasteiger partial charge is 0.274 e. The van der Waals surface area contributed by atoms with Gasteiger partial charge < -0.3 is 14.7 Å². The van der Waals surface area contributed by atoms with E-state index >= 15 is 0 Å². The van der Waals surface area contributed by atoms with E-state index in [1.54, 1.807) is 0 Å². The molecule has 0 aromatic carbocycles. The zero-order valence-corrected chi connectivity index (χ0v) is 16.2. The number of likely N-dealkylation sites (tertiary alicyclic amines) is 1. The van der Waals surface area contributed by atoms with Crippen molar-refractivity contribution in [1.29, 1.82) is 0 Å². The number of aryl methyl sites for hydroxylation is 1. The predicted molar refractivity (Wildman–Crippen MR) is 98.1 cm³/mol. The number of ether oxygens (including phenoxy) is 1. The first kappa shape index (κ1) is 18.0. The van der Waals surface area contributed by atoms with Gasteiger partial charge in [-0.1, -0.05) is 20.8 Å². The van der Waals surface area contributed by atoms with Crippen molar-refractivity contribution in [1.82, 2.24) is 15.1 Å². The standard InChI is InChI=1S/C20H31N3O3/c1-19(2,3)16-11-13(24)12-20(26-16)7-9-23(10-8-20)18(25)17-14-5-4-6-15(14)21-22-17/h13,16,24H,4-12H2,1-3H3,(H,21,22)/t13-,16-/m1/s1. The fraction of sp³-hybridized carbons (Fsp3) is 0.800. The average Bonchev–Trinajstić information content (AvgIpc) is 3.16. The Bertz CT molecular complexity index is 683. The molecule has 0 radical (unpaired) electrons. The van der Waals surface area contributed by atoms with Crippen LogP contribution >= 0.6 is 0 Å². The Morgan fingerprint density at radius 3 is 2.73 bits per heavy atom. The number of aromatic nitrogens is 2. The minimum atomic E-state index is -0.315. The highest BCUT2D eigenvalue weighted by molar-refractivity contribution is 5.94. The number of piperidine rings is 1. The first-order valence-electron chi connectivity index (χ1n) is 9.99. The molecule has 6 nitrogen and oxygen atoms in total. The van der Waals surface area contributed by atoms with Crippen LogP contribution in [0.25, 0.3) is 0 Å². The number of carbonyl (C=O) groups excluding carboxylic acids is 1. The summed E-state index contributed by atoms with van der Waals surface area (Å²) in [6.45, 7) is 7.84. The Balaban J connectivity index is 1.44. The molecule has 1 aliphatic carbocycles. The molecule has 1 amide bonds. The molecule has 26 heavy (non-hydrogen) atoms. The van der Waals surface area contributed by atoms with Crippen molar-refractivity contribution in [3.63, 3.8) is 0 Å². The highest BCUT2D eigenvalue weighted by Crippen LogP contribution is 2.42. The van der Waals surface area contributed by atoms with Crippen molar-refractivity contribution in [3.8, 4) is 0 Å². The molecule has 3 heterocycles. The monoisotopic (exact) mass is 361 g/mol. The summed E-state index contributed by atoms with van der Waals surface area (Å²) in [5.41, 5.74) is 2.59. The number of aromatic amines is 1. The quantitative estimate of drug-likeness (QED) is 0.805. The van der Waals surface area contributed by atoms with Gasteiger partial charge in [0.15, 0.2) is 5.69 Å². The molecule has 2 saturated heterocycles. The molecular formula is C20H31N3O3. The van der Waals surface area contributed by atoms with E-state index in [1.807, 2.05) is 4.90 Å². The van der Waals surface area contributed by atoms with Gasteiger partial charge in [-0.15, -0.1) is 0 Å². The van der Waals surface area contributed by atoms with Crippen LogP contribution in [-0.4, -0.2) is 57.0 Å². The van der Waals surface area contributed by atoms with Crippen molar-refractivity contribution in [2.24, 2.45) is 5.41 Å². The molecule has 6 heteroatoms. The van der Waals surface area contributed by atoms with Crippen molar-refractivity contribution in [3.05, 3.63) is 17.0 Å². The molecule has 2 atom stereocenters. The Kier molecular flexibility index (Phi) is 4.39. The highest BCUT2D eigenvalue weighted by atomic mass is 16.5. The van der Waals surface area contributed by atoms with Crippen LogP contribution in [-0.2, 0) is 17.6 Å². The summed E-state index contributed by atoms with van der Waals surface area (Å²) in [5.74, 6) is 0.0444. The number of hydrogen-bond donors (Lipinski definition) is 2. The summed E-state index contributed by atoms with van der Waals surface area (Å²) in [5, 5.41) is 17.7. The molecule has 1 spiro atoms. The summed E-state index contributed by atoms with van der Waals surface area (Å²) in [7, 11) is 0. The lowest BCUT2D eigenvalue weighted by atomic mass is 9.76. The molecule has 144 valence electrons. The molecule has 1 aromatic rings. The maximum absolute atomic E-state index is 12.9. The second-order valence-electron chi connectivity index (χ2n) is 9.42. The molecule has 2 N–H and O–H groups in total. The van der Waals surface area contributed by atoms with Crippen LogP contribution < -0.4 is 0 Å². The van der Waals surface area contributed by atoms with E-state index < -0.39 is 0 Å². The van der Waals surface area contributed by atoms with Crippen molar-refractivity contribution >= 4 is 5.91 Å². The third-order valence-corrected chi connectivity index (χ3v) is 6.42. The molecule has 0 bridgehead atoms. The molecule has 3 aliphatic rings. The van der Waals surface area contributed by atoms with Gasteiger partial charge in [0.1, 0.15) is 0 Å². The number of carbonyl (C=O) groups is 1. The van der Waals surface area contributed by atoms with Gasteiger partial charge in [0.2, 0.25) is 0 Å². The Hall–Kier alpha value is -1.40. The van der Waals surface area contributed by atoms with E-state index in [1.165, 1.54) is 0 Å². The van der Waals surface area contributed by atoms with Crippen molar-refractivity contribution in [2.45, 2.75) is 83.5 Å². The zero-order valence-electron chi connectivity index (χ0n) is 16.2. The van der Waals surface area contributed by atoms with E-state index in [0.29, 0.717) is 31.6 Å². The number of aliphatic hydroxyl groups is 1. The predicted octanol–water partition coefficient (Wildman–Crippen LogP) is 2.46. The largest absolute Gasteiger partial charge is 0.393 e. The third-order valence-electron chi connectivity index (χ3n) is 6.42. The van der Waals surface area contributed by atoms with Crippen LogP contribution in [0.5, 0.6) is 0 Å². The topological polar surface area (TPSA) is 78.5 Å². The Labute approximate surface area is 155 Å². The molecule has 1 aromatic heterocycles. The molecular weight excluding hydrogens is 330 g/mol. The van der Waals surface area contributed by atoms with Crippen LogP contribution in [0.3, 0.4) is 0 Å². The van der Waals surface area contributed by atoms with Crippen LogP contribution in [0.2, 0.25) is 0 Å². The van der Waals surface area contributed by atoms with Gasteiger partial charge in [0.05, 0.1) is 17.8 Å². The summed E-state index contributed by atoms with van der Waals surface area (Å²) >= 11 is 0. The number of aliphatic hydroxyl groups excluding tert-OH is 1. The summed E-state index contributed by atoms with van der Waals surface area (Å²) in [6, 6.07) is 0. The van der Waals surface area contributed by atoms with Crippen LogP contribution in [0.1, 0.15) is 74.6 Å². The summed E-state index contributed by atoms with van der Waals surface area (Å²) in [6.07, 6.45) is 5.75. The number of rotatable bonds is 1. The minimum Gasteiger partial charge on any atom is -0.393 e. The van der Waals surface area contributed by atoms with E-state index in [4.69, 9.17) is 4.74 Å². The lowest BCUT2D eigenvalue weighted by molar-refractivity contribution is -0.205. The first-order chi connectivity index (χ1) is 12.3. The van der Waals surface area contributed by atoms with E-state index in [2.05, 4.69) is 31.0 Å². The number of fused-ring (bicyclic) bond motifs is 1. The third kappa shape index (κ3) is 3.18. The number of nitrogens with one attached hydrogen (secondary N) is 1. The van der Waals surface area contributed by atoms with Crippen LogP contribution in [0.4, 0.5) is 0 Å². The lowest BCUT2D eigenvalue weighted by Crippen LogP contribution is -2.55. The molecule has 0 saturated carbocycles. The SMILES string of the molecule is CC(C)(C)[C@H]1C[C@@H](O)CC2(CCN(C(=O)c3n[nH]c4c3CCC4)CC2)O1. The molecule has 2 fully saturated rings.